The Bertz CT molecular complexity index is 693. The highest BCUT2D eigenvalue weighted by molar-refractivity contribution is 6.30. The molecule has 5 nitrogen and oxygen atoms in total. The van der Waals surface area contributed by atoms with E-state index < -0.39 is 0 Å². The van der Waals surface area contributed by atoms with Crippen LogP contribution in [0.5, 0.6) is 0 Å². The minimum Gasteiger partial charge on any atom is -0.338 e. The van der Waals surface area contributed by atoms with E-state index in [0.717, 1.165) is 49.2 Å². The first kappa shape index (κ1) is 16.1. The standard InChI is InChI=1S/C18H23ClN4O/c1-23-11-10-20-12-15(23)16-21-17(24-22-16)18(8-2-3-9-18)13-4-6-14(19)7-5-13/h4-7,15,20H,2-3,8-12H2,1H3. The zero-order valence-corrected chi connectivity index (χ0v) is 14.7. The average Bonchev–Trinajstić information content (AvgIpc) is 3.26. The highest BCUT2D eigenvalue weighted by Gasteiger charge is 2.43. The van der Waals surface area contributed by atoms with Crippen molar-refractivity contribution in [1.82, 2.24) is 20.4 Å². The first-order chi connectivity index (χ1) is 11.7. The Hall–Kier alpha value is -1.43. The third kappa shape index (κ3) is 2.75. The molecule has 0 spiro atoms. The van der Waals surface area contributed by atoms with E-state index in [1.54, 1.807) is 0 Å². The van der Waals surface area contributed by atoms with E-state index in [2.05, 4.69) is 34.6 Å². The number of nitrogens with one attached hydrogen (secondary N) is 1. The molecule has 1 saturated heterocycles. The second-order valence-corrected chi connectivity index (χ2v) is 7.39. The van der Waals surface area contributed by atoms with Crippen molar-refractivity contribution in [3.63, 3.8) is 0 Å². The topological polar surface area (TPSA) is 54.2 Å². The van der Waals surface area contributed by atoms with Crippen LogP contribution >= 0.6 is 11.6 Å². The van der Waals surface area contributed by atoms with Gasteiger partial charge in [0.1, 0.15) is 0 Å². The van der Waals surface area contributed by atoms with Gasteiger partial charge in [-0.25, -0.2) is 0 Å². The van der Waals surface area contributed by atoms with Gasteiger partial charge in [0, 0.05) is 24.7 Å². The molecule has 1 aliphatic carbocycles. The van der Waals surface area contributed by atoms with Crippen LogP contribution < -0.4 is 5.32 Å². The highest BCUT2D eigenvalue weighted by atomic mass is 35.5. The van der Waals surface area contributed by atoms with Gasteiger partial charge in [-0.05, 0) is 37.6 Å². The van der Waals surface area contributed by atoms with Crippen molar-refractivity contribution in [1.29, 1.82) is 0 Å². The maximum Gasteiger partial charge on any atom is 0.237 e. The fourth-order valence-corrected chi connectivity index (χ4v) is 4.16. The van der Waals surface area contributed by atoms with Gasteiger partial charge >= 0.3 is 0 Å². The van der Waals surface area contributed by atoms with E-state index >= 15 is 0 Å². The lowest BCUT2D eigenvalue weighted by atomic mass is 9.79. The van der Waals surface area contributed by atoms with Gasteiger partial charge in [0.2, 0.25) is 5.89 Å². The van der Waals surface area contributed by atoms with Crippen LogP contribution in [0.3, 0.4) is 0 Å². The van der Waals surface area contributed by atoms with E-state index in [4.69, 9.17) is 21.1 Å². The van der Waals surface area contributed by atoms with Gasteiger partial charge in [-0.2, -0.15) is 4.98 Å². The van der Waals surface area contributed by atoms with Crippen molar-refractivity contribution < 1.29 is 4.52 Å². The average molecular weight is 347 g/mol. The molecular weight excluding hydrogens is 324 g/mol. The lowest BCUT2D eigenvalue weighted by Crippen LogP contribution is -2.44. The van der Waals surface area contributed by atoms with Crippen LogP contribution in [0.25, 0.3) is 0 Å². The third-order valence-electron chi connectivity index (χ3n) is 5.51. The monoisotopic (exact) mass is 346 g/mol. The SMILES string of the molecule is CN1CCNCC1c1noc(C2(c3ccc(Cl)cc3)CCCC2)n1. The number of hydrogen-bond donors (Lipinski definition) is 1. The van der Waals surface area contributed by atoms with Crippen LogP contribution in [0.15, 0.2) is 28.8 Å². The van der Waals surface area contributed by atoms with E-state index in [9.17, 15) is 0 Å². The maximum absolute atomic E-state index is 6.07. The van der Waals surface area contributed by atoms with E-state index in [1.165, 1.54) is 18.4 Å². The van der Waals surface area contributed by atoms with Crippen LogP contribution in [0.4, 0.5) is 0 Å². The second kappa shape index (κ2) is 6.47. The predicted molar refractivity (Wildman–Crippen MR) is 93.2 cm³/mol. The molecule has 1 aromatic heterocycles. The Balaban J connectivity index is 1.68. The molecule has 1 unspecified atom stereocenters. The molecule has 128 valence electrons. The fourth-order valence-electron chi connectivity index (χ4n) is 4.03. The van der Waals surface area contributed by atoms with Gasteiger partial charge in [0.25, 0.3) is 0 Å². The molecule has 1 aromatic carbocycles. The Labute approximate surface area is 147 Å². The van der Waals surface area contributed by atoms with Crippen molar-refractivity contribution in [3.05, 3.63) is 46.6 Å². The number of halogens is 1. The molecule has 2 aliphatic rings. The summed E-state index contributed by atoms with van der Waals surface area (Å²) in [6.07, 6.45) is 4.47. The molecule has 24 heavy (non-hydrogen) atoms. The van der Waals surface area contributed by atoms with E-state index in [0.29, 0.717) is 0 Å². The third-order valence-corrected chi connectivity index (χ3v) is 5.77. The molecule has 2 heterocycles. The summed E-state index contributed by atoms with van der Waals surface area (Å²) in [5.74, 6) is 1.55. The molecule has 4 rings (SSSR count). The van der Waals surface area contributed by atoms with Crippen LogP contribution in [0, 0.1) is 0 Å². The van der Waals surface area contributed by atoms with Gasteiger partial charge in [0.05, 0.1) is 11.5 Å². The highest BCUT2D eigenvalue weighted by Crippen LogP contribution is 2.46. The summed E-state index contributed by atoms with van der Waals surface area (Å²) in [5.41, 5.74) is 1.07. The van der Waals surface area contributed by atoms with Gasteiger partial charge in [0.15, 0.2) is 5.82 Å². The van der Waals surface area contributed by atoms with Gasteiger partial charge < -0.3 is 9.84 Å². The fraction of sp³-hybridized carbons (Fsp3) is 0.556. The molecule has 1 aliphatic heterocycles. The second-order valence-electron chi connectivity index (χ2n) is 6.95. The molecule has 0 bridgehead atoms. The zero-order chi connectivity index (χ0) is 16.6. The van der Waals surface area contributed by atoms with Crippen molar-refractivity contribution in [2.45, 2.75) is 37.1 Å². The van der Waals surface area contributed by atoms with Crippen molar-refractivity contribution in [3.8, 4) is 0 Å². The number of benzene rings is 1. The molecule has 2 aromatic rings. The van der Waals surface area contributed by atoms with E-state index in [-0.39, 0.29) is 11.5 Å². The number of piperazine rings is 1. The van der Waals surface area contributed by atoms with Crippen molar-refractivity contribution in [2.75, 3.05) is 26.7 Å². The summed E-state index contributed by atoms with van der Waals surface area (Å²) in [6.45, 7) is 2.87. The largest absolute Gasteiger partial charge is 0.338 e. The number of aromatic nitrogens is 2. The number of likely N-dealkylation sites (N-methyl/N-ethyl adjacent to an activating group) is 1. The predicted octanol–water partition coefficient (Wildman–Crippen LogP) is 3.16. The first-order valence-corrected chi connectivity index (χ1v) is 9.08. The summed E-state index contributed by atoms with van der Waals surface area (Å²) in [7, 11) is 2.12. The van der Waals surface area contributed by atoms with Gasteiger partial charge in [-0.1, -0.05) is 41.7 Å². The molecular formula is C18H23ClN4O. The van der Waals surface area contributed by atoms with Crippen LogP contribution in [0.2, 0.25) is 5.02 Å². The Morgan fingerprint density at radius 3 is 2.71 bits per heavy atom. The van der Waals surface area contributed by atoms with E-state index in [1.807, 2.05) is 12.1 Å². The maximum atomic E-state index is 6.07. The lowest BCUT2D eigenvalue weighted by Gasteiger charge is -2.30. The Morgan fingerprint density at radius 1 is 1.25 bits per heavy atom. The zero-order valence-electron chi connectivity index (χ0n) is 14.0. The normalized spacial score (nSPS) is 24.3. The quantitative estimate of drug-likeness (QED) is 0.925. The van der Waals surface area contributed by atoms with Gasteiger partial charge in [-0.15, -0.1) is 0 Å². The minimum atomic E-state index is -0.156. The summed E-state index contributed by atoms with van der Waals surface area (Å²) < 4.78 is 5.79. The molecule has 2 fully saturated rings. The first-order valence-electron chi connectivity index (χ1n) is 8.70. The number of nitrogens with zero attached hydrogens (tertiary/aromatic N) is 3. The molecule has 0 radical (unpaired) electrons. The molecule has 6 heteroatoms. The summed E-state index contributed by atoms with van der Waals surface area (Å²) in [6, 6.07) is 8.29. The molecule has 0 amide bonds. The summed E-state index contributed by atoms with van der Waals surface area (Å²) >= 11 is 6.07. The number of rotatable bonds is 3. The lowest BCUT2D eigenvalue weighted by molar-refractivity contribution is 0.190. The van der Waals surface area contributed by atoms with Crippen LogP contribution in [-0.4, -0.2) is 41.7 Å². The smallest absolute Gasteiger partial charge is 0.237 e. The van der Waals surface area contributed by atoms with Crippen LogP contribution in [0.1, 0.15) is 49.0 Å². The Kier molecular flexibility index (Phi) is 4.33. The number of hydrogen-bond acceptors (Lipinski definition) is 5. The van der Waals surface area contributed by atoms with Crippen molar-refractivity contribution in [2.24, 2.45) is 0 Å². The summed E-state index contributed by atoms with van der Waals surface area (Å²) in [5, 5.41) is 8.50. The Morgan fingerprint density at radius 2 is 2.00 bits per heavy atom. The van der Waals surface area contributed by atoms with Gasteiger partial charge in [-0.3, -0.25) is 4.90 Å². The van der Waals surface area contributed by atoms with Crippen LogP contribution in [-0.2, 0) is 5.41 Å². The van der Waals surface area contributed by atoms with Crippen molar-refractivity contribution >= 4 is 11.6 Å². The molecule has 1 N–H and O–H groups in total. The minimum absolute atomic E-state index is 0.156. The molecule has 1 atom stereocenters. The summed E-state index contributed by atoms with van der Waals surface area (Å²) in [4.78, 5) is 7.13. The molecule has 1 saturated carbocycles.